The van der Waals surface area contributed by atoms with E-state index in [1.165, 1.54) is 11.5 Å². The van der Waals surface area contributed by atoms with Gasteiger partial charge in [-0.05, 0) is 29.8 Å². The number of thioether (sulfide) groups is 2. The summed E-state index contributed by atoms with van der Waals surface area (Å²) in [5.74, 6) is 3.47. The van der Waals surface area contributed by atoms with E-state index in [1.807, 2.05) is 23.9 Å². The van der Waals surface area contributed by atoms with Gasteiger partial charge in [0.1, 0.15) is 5.75 Å². The van der Waals surface area contributed by atoms with E-state index in [0.29, 0.717) is 0 Å². The van der Waals surface area contributed by atoms with Crippen LogP contribution in [-0.2, 0) is 0 Å². The summed E-state index contributed by atoms with van der Waals surface area (Å²) in [5, 5.41) is 19.0. The minimum Gasteiger partial charge on any atom is -0.508 e. The Kier molecular flexibility index (Phi) is 5.80. The number of nitrogens with zero attached hydrogens (tertiary/aromatic N) is 3. The molecule has 1 saturated heterocycles. The number of amidine groups is 1. The SMILES string of the molecule is Br.Oc1ccc(C2=NN=C(N3CCSCC3)SC2)cc1. The van der Waals surface area contributed by atoms with Gasteiger partial charge < -0.3 is 10.0 Å². The topological polar surface area (TPSA) is 48.2 Å². The predicted octanol–water partition coefficient (Wildman–Crippen LogP) is 2.83. The molecule has 0 atom stereocenters. The molecule has 2 aliphatic heterocycles. The van der Waals surface area contributed by atoms with Crippen LogP contribution in [0.1, 0.15) is 5.56 Å². The van der Waals surface area contributed by atoms with Gasteiger partial charge in [0.2, 0.25) is 0 Å². The maximum absolute atomic E-state index is 9.29. The van der Waals surface area contributed by atoms with Crippen molar-refractivity contribution in [1.29, 1.82) is 0 Å². The molecule has 1 N–H and O–H groups in total. The van der Waals surface area contributed by atoms with Crippen molar-refractivity contribution >= 4 is 51.4 Å². The molecule has 20 heavy (non-hydrogen) atoms. The van der Waals surface area contributed by atoms with Crippen molar-refractivity contribution < 1.29 is 5.11 Å². The average molecular weight is 374 g/mol. The van der Waals surface area contributed by atoms with Crippen LogP contribution in [0.3, 0.4) is 0 Å². The summed E-state index contributed by atoms with van der Waals surface area (Å²) >= 11 is 3.75. The number of rotatable bonds is 1. The van der Waals surface area contributed by atoms with E-state index < -0.39 is 0 Å². The Morgan fingerprint density at radius 1 is 1.05 bits per heavy atom. The molecular formula is C13H16BrN3OS2. The largest absolute Gasteiger partial charge is 0.508 e. The second-order valence-corrected chi connectivity index (χ2v) is 6.53. The van der Waals surface area contributed by atoms with Crippen LogP contribution >= 0.6 is 40.5 Å². The second kappa shape index (κ2) is 7.38. The first kappa shape index (κ1) is 15.7. The fourth-order valence-corrected chi connectivity index (χ4v) is 3.85. The van der Waals surface area contributed by atoms with E-state index in [0.717, 1.165) is 35.3 Å². The summed E-state index contributed by atoms with van der Waals surface area (Å²) in [6, 6.07) is 7.13. The molecule has 7 heteroatoms. The molecule has 0 amide bonds. The van der Waals surface area contributed by atoms with E-state index >= 15 is 0 Å². The number of aromatic hydroxyl groups is 1. The average Bonchev–Trinajstić information content (AvgIpc) is 2.49. The minimum absolute atomic E-state index is 0. The third-order valence-electron chi connectivity index (χ3n) is 3.08. The Morgan fingerprint density at radius 3 is 2.35 bits per heavy atom. The molecule has 0 bridgehead atoms. The van der Waals surface area contributed by atoms with Gasteiger partial charge in [0.05, 0.1) is 5.71 Å². The maximum atomic E-state index is 9.29. The lowest BCUT2D eigenvalue weighted by Gasteiger charge is -2.29. The first-order chi connectivity index (χ1) is 9.33. The molecule has 108 valence electrons. The molecule has 3 rings (SSSR count). The maximum Gasteiger partial charge on any atom is 0.186 e. The van der Waals surface area contributed by atoms with Crippen molar-refractivity contribution in [3.8, 4) is 5.75 Å². The zero-order valence-electron chi connectivity index (χ0n) is 10.9. The van der Waals surface area contributed by atoms with Crippen molar-refractivity contribution in [2.75, 3.05) is 30.3 Å². The monoisotopic (exact) mass is 373 g/mol. The predicted molar refractivity (Wildman–Crippen MR) is 93.8 cm³/mol. The molecule has 1 aromatic rings. The van der Waals surface area contributed by atoms with E-state index in [1.54, 1.807) is 23.9 Å². The van der Waals surface area contributed by atoms with Gasteiger partial charge >= 0.3 is 0 Å². The van der Waals surface area contributed by atoms with Gasteiger partial charge in [-0.15, -0.1) is 22.1 Å². The van der Waals surface area contributed by atoms with Crippen LogP contribution in [0.4, 0.5) is 0 Å². The molecule has 0 unspecified atom stereocenters. The van der Waals surface area contributed by atoms with Crippen molar-refractivity contribution in [1.82, 2.24) is 4.90 Å². The Bertz CT molecular complexity index is 513. The smallest absolute Gasteiger partial charge is 0.186 e. The van der Waals surface area contributed by atoms with E-state index in [-0.39, 0.29) is 22.7 Å². The van der Waals surface area contributed by atoms with Gasteiger partial charge in [-0.25, -0.2) is 0 Å². The first-order valence-corrected chi connectivity index (χ1v) is 8.36. The molecule has 0 aromatic heterocycles. The molecule has 2 aliphatic rings. The summed E-state index contributed by atoms with van der Waals surface area (Å²) in [4.78, 5) is 2.32. The zero-order valence-corrected chi connectivity index (χ0v) is 14.2. The van der Waals surface area contributed by atoms with Crippen LogP contribution in [0.5, 0.6) is 5.75 Å². The summed E-state index contributed by atoms with van der Waals surface area (Å²) in [5.41, 5.74) is 2.00. The molecule has 4 nitrogen and oxygen atoms in total. The summed E-state index contributed by atoms with van der Waals surface area (Å²) in [6.45, 7) is 2.14. The quantitative estimate of drug-likeness (QED) is 0.821. The van der Waals surface area contributed by atoms with Crippen molar-refractivity contribution in [2.45, 2.75) is 0 Å². The Labute approximate surface area is 137 Å². The third-order valence-corrected chi connectivity index (χ3v) is 5.03. The lowest BCUT2D eigenvalue weighted by Crippen LogP contribution is -2.37. The number of phenols is 1. The van der Waals surface area contributed by atoms with Crippen LogP contribution in [0, 0.1) is 0 Å². The lowest BCUT2D eigenvalue weighted by molar-refractivity contribution is 0.470. The standard InChI is InChI=1S/C13H15N3OS2.BrH/c17-11-3-1-10(2-4-11)12-9-19-13(15-14-12)16-5-7-18-8-6-16;/h1-4,17H,5-9H2;1H. The minimum atomic E-state index is 0. The van der Waals surface area contributed by atoms with Crippen LogP contribution in [0.2, 0.25) is 0 Å². The van der Waals surface area contributed by atoms with Crippen LogP contribution in [0.25, 0.3) is 0 Å². The highest BCUT2D eigenvalue weighted by atomic mass is 79.9. The van der Waals surface area contributed by atoms with Crippen molar-refractivity contribution in [3.63, 3.8) is 0 Å². The van der Waals surface area contributed by atoms with E-state index in [4.69, 9.17) is 0 Å². The lowest BCUT2D eigenvalue weighted by atomic mass is 10.1. The second-order valence-electron chi connectivity index (χ2n) is 4.36. The molecule has 1 aromatic carbocycles. The highest BCUT2D eigenvalue weighted by molar-refractivity contribution is 8.93. The number of hydrogen-bond donors (Lipinski definition) is 1. The van der Waals surface area contributed by atoms with Gasteiger partial charge in [-0.2, -0.15) is 16.9 Å². The van der Waals surface area contributed by atoms with Crippen LogP contribution < -0.4 is 0 Å². The van der Waals surface area contributed by atoms with Crippen molar-refractivity contribution in [2.24, 2.45) is 10.2 Å². The Morgan fingerprint density at radius 2 is 1.75 bits per heavy atom. The normalized spacial score (nSPS) is 18.9. The Hall–Kier alpha value is -0.660. The van der Waals surface area contributed by atoms with Gasteiger partial charge in [-0.1, -0.05) is 11.8 Å². The zero-order chi connectivity index (χ0) is 13.1. The molecule has 0 aliphatic carbocycles. The molecular weight excluding hydrogens is 358 g/mol. The number of phenolic OH excluding ortho intramolecular Hbond substituents is 1. The number of benzene rings is 1. The molecule has 0 spiro atoms. The van der Waals surface area contributed by atoms with Gasteiger partial charge in [0.25, 0.3) is 0 Å². The molecule has 0 saturated carbocycles. The fourth-order valence-electron chi connectivity index (χ4n) is 2.00. The molecule has 2 heterocycles. The summed E-state index contributed by atoms with van der Waals surface area (Å²) in [6.07, 6.45) is 0. The number of halogens is 1. The van der Waals surface area contributed by atoms with Gasteiger partial charge in [-0.3, -0.25) is 0 Å². The first-order valence-electron chi connectivity index (χ1n) is 6.22. The highest BCUT2D eigenvalue weighted by Crippen LogP contribution is 2.21. The van der Waals surface area contributed by atoms with E-state index in [9.17, 15) is 5.11 Å². The Balaban J connectivity index is 0.00000147. The third kappa shape index (κ3) is 3.71. The van der Waals surface area contributed by atoms with E-state index in [2.05, 4.69) is 15.1 Å². The highest BCUT2D eigenvalue weighted by Gasteiger charge is 2.19. The van der Waals surface area contributed by atoms with Crippen molar-refractivity contribution in [3.05, 3.63) is 29.8 Å². The molecule has 0 radical (unpaired) electrons. The summed E-state index contributed by atoms with van der Waals surface area (Å²) < 4.78 is 0. The summed E-state index contributed by atoms with van der Waals surface area (Å²) in [7, 11) is 0. The number of hydrogen-bond acceptors (Lipinski definition) is 6. The molecule has 1 fully saturated rings. The van der Waals surface area contributed by atoms with Gasteiger partial charge in [0.15, 0.2) is 5.17 Å². The van der Waals surface area contributed by atoms with Gasteiger partial charge in [0, 0.05) is 30.3 Å². The van der Waals surface area contributed by atoms with Crippen LogP contribution in [0.15, 0.2) is 34.5 Å². The van der Waals surface area contributed by atoms with Crippen LogP contribution in [-0.4, -0.2) is 51.2 Å². The fraction of sp³-hybridized carbons (Fsp3) is 0.385.